The number of anilines is 2. The summed E-state index contributed by atoms with van der Waals surface area (Å²) in [6.07, 6.45) is 5.44. The van der Waals surface area contributed by atoms with Gasteiger partial charge in [-0.15, -0.1) is 0 Å². The summed E-state index contributed by atoms with van der Waals surface area (Å²) in [6, 6.07) is 3.88. The second-order valence-electron chi connectivity index (χ2n) is 6.52. The molecule has 1 aromatic carbocycles. The summed E-state index contributed by atoms with van der Waals surface area (Å²) in [4.78, 5) is 14.7. The molecule has 7 heteroatoms. The number of carbonyl (C=O) groups is 1. The van der Waals surface area contributed by atoms with Crippen molar-refractivity contribution >= 4 is 28.3 Å². The summed E-state index contributed by atoms with van der Waals surface area (Å²) >= 11 is 0. The van der Waals surface area contributed by atoms with E-state index in [-0.39, 0.29) is 11.8 Å². The molecule has 1 saturated heterocycles. The number of amides is 1. The van der Waals surface area contributed by atoms with Gasteiger partial charge in [0.1, 0.15) is 0 Å². The van der Waals surface area contributed by atoms with E-state index in [1.807, 2.05) is 12.1 Å². The predicted octanol–water partition coefficient (Wildman–Crippen LogP) is 2.58. The molecule has 1 saturated carbocycles. The lowest BCUT2D eigenvalue weighted by atomic mass is 9.88. The fraction of sp³-hybridized carbons (Fsp3) is 0.588. The van der Waals surface area contributed by atoms with Crippen molar-refractivity contribution in [3.05, 3.63) is 12.1 Å². The molecule has 2 fully saturated rings. The number of hydrogen-bond acceptors (Lipinski definition) is 6. The van der Waals surface area contributed by atoms with Crippen LogP contribution in [0.1, 0.15) is 32.1 Å². The Balaban J connectivity index is 1.58. The van der Waals surface area contributed by atoms with Crippen molar-refractivity contribution in [3.63, 3.8) is 0 Å². The maximum Gasteiger partial charge on any atom is 0.227 e. The summed E-state index contributed by atoms with van der Waals surface area (Å²) in [7, 11) is 0. The SMILES string of the molecule is O=C(Nc1ccc(N2CCOCC2)c2nonc12)C1CCCCC1. The van der Waals surface area contributed by atoms with Crippen molar-refractivity contribution in [1.82, 2.24) is 10.3 Å². The summed E-state index contributed by atoms with van der Waals surface area (Å²) in [5.74, 6) is 0.186. The van der Waals surface area contributed by atoms with Gasteiger partial charge in [0.2, 0.25) is 5.91 Å². The number of nitrogens with zero attached hydrogens (tertiary/aromatic N) is 3. The largest absolute Gasteiger partial charge is 0.378 e. The quantitative estimate of drug-likeness (QED) is 0.931. The van der Waals surface area contributed by atoms with Gasteiger partial charge in [-0.05, 0) is 35.3 Å². The van der Waals surface area contributed by atoms with Crippen LogP contribution in [0.3, 0.4) is 0 Å². The van der Waals surface area contributed by atoms with Gasteiger partial charge in [-0.1, -0.05) is 19.3 Å². The first-order valence-electron chi connectivity index (χ1n) is 8.72. The van der Waals surface area contributed by atoms with Gasteiger partial charge >= 0.3 is 0 Å². The first-order valence-corrected chi connectivity index (χ1v) is 8.72. The van der Waals surface area contributed by atoms with Gasteiger partial charge in [-0.3, -0.25) is 4.79 Å². The number of nitrogens with one attached hydrogen (secondary N) is 1. The van der Waals surface area contributed by atoms with E-state index in [9.17, 15) is 4.79 Å². The number of benzene rings is 1. The Morgan fingerprint density at radius 2 is 1.83 bits per heavy atom. The third-order valence-corrected chi connectivity index (χ3v) is 4.98. The smallest absolute Gasteiger partial charge is 0.227 e. The van der Waals surface area contributed by atoms with Crippen LogP contribution in [-0.4, -0.2) is 42.5 Å². The second-order valence-corrected chi connectivity index (χ2v) is 6.52. The van der Waals surface area contributed by atoms with Crippen molar-refractivity contribution in [1.29, 1.82) is 0 Å². The first-order chi connectivity index (χ1) is 11.8. The Morgan fingerprint density at radius 1 is 1.08 bits per heavy atom. The highest BCUT2D eigenvalue weighted by molar-refractivity contribution is 6.03. The summed E-state index contributed by atoms with van der Waals surface area (Å²) in [5, 5.41) is 11.1. The average Bonchev–Trinajstić information content (AvgIpc) is 3.13. The Morgan fingerprint density at radius 3 is 2.62 bits per heavy atom. The van der Waals surface area contributed by atoms with E-state index in [0.717, 1.165) is 44.5 Å². The van der Waals surface area contributed by atoms with Crippen LogP contribution >= 0.6 is 0 Å². The zero-order valence-electron chi connectivity index (χ0n) is 13.7. The fourth-order valence-corrected chi connectivity index (χ4v) is 3.61. The van der Waals surface area contributed by atoms with Gasteiger partial charge in [-0.2, -0.15) is 0 Å². The van der Waals surface area contributed by atoms with Crippen LogP contribution in [0.2, 0.25) is 0 Å². The Labute approximate surface area is 140 Å². The highest BCUT2D eigenvalue weighted by Crippen LogP contribution is 2.32. The number of hydrogen-bond donors (Lipinski definition) is 1. The van der Waals surface area contributed by atoms with Crippen molar-refractivity contribution < 1.29 is 14.2 Å². The second kappa shape index (κ2) is 6.76. The van der Waals surface area contributed by atoms with Crippen LogP contribution in [0.4, 0.5) is 11.4 Å². The van der Waals surface area contributed by atoms with Crippen LogP contribution in [0.5, 0.6) is 0 Å². The molecule has 1 aliphatic carbocycles. The standard InChI is InChI=1S/C17H22N4O3/c22-17(12-4-2-1-3-5-12)18-13-6-7-14(16-15(13)19-24-20-16)21-8-10-23-11-9-21/h6-7,12H,1-5,8-11H2,(H,18,22). The molecule has 0 spiro atoms. The summed E-state index contributed by atoms with van der Waals surface area (Å²) in [6.45, 7) is 3.03. The van der Waals surface area contributed by atoms with Crippen LogP contribution in [0.15, 0.2) is 16.8 Å². The zero-order chi connectivity index (χ0) is 16.4. The van der Waals surface area contributed by atoms with Gasteiger partial charge in [0.05, 0.1) is 24.6 Å². The predicted molar refractivity (Wildman–Crippen MR) is 90.0 cm³/mol. The van der Waals surface area contributed by atoms with Gasteiger partial charge in [0.25, 0.3) is 0 Å². The average molecular weight is 330 g/mol. The Bertz CT molecular complexity index is 718. The lowest BCUT2D eigenvalue weighted by Gasteiger charge is -2.29. The minimum atomic E-state index is 0.0816. The van der Waals surface area contributed by atoms with Crippen molar-refractivity contribution in [2.75, 3.05) is 36.5 Å². The van der Waals surface area contributed by atoms with E-state index < -0.39 is 0 Å². The molecule has 128 valence electrons. The number of ether oxygens (including phenoxy) is 1. The third-order valence-electron chi connectivity index (χ3n) is 4.98. The van der Waals surface area contributed by atoms with Crippen LogP contribution in [-0.2, 0) is 9.53 Å². The molecular weight excluding hydrogens is 308 g/mol. The molecule has 0 bridgehead atoms. The van der Waals surface area contributed by atoms with E-state index in [1.54, 1.807) is 0 Å². The van der Waals surface area contributed by atoms with Gasteiger partial charge in [0.15, 0.2) is 11.0 Å². The Kier molecular flexibility index (Phi) is 4.34. The van der Waals surface area contributed by atoms with E-state index in [4.69, 9.17) is 9.37 Å². The van der Waals surface area contributed by atoms with Crippen LogP contribution < -0.4 is 10.2 Å². The van der Waals surface area contributed by atoms with Gasteiger partial charge in [-0.25, -0.2) is 4.63 Å². The minimum Gasteiger partial charge on any atom is -0.378 e. The van der Waals surface area contributed by atoms with Crippen molar-refractivity contribution in [2.45, 2.75) is 32.1 Å². The monoisotopic (exact) mass is 330 g/mol. The van der Waals surface area contributed by atoms with Crippen LogP contribution in [0, 0.1) is 5.92 Å². The van der Waals surface area contributed by atoms with E-state index >= 15 is 0 Å². The van der Waals surface area contributed by atoms with Gasteiger partial charge in [0, 0.05) is 19.0 Å². The molecule has 1 amide bonds. The van der Waals surface area contributed by atoms with Crippen molar-refractivity contribution in [2.24, 2.45) is 5.92 Å². The van der Waals surface area contributed by atoms with Gasteiger partial charge < -0.3 is 15.0 Å². The molecule has 4 rings (SSSR count). The maximum absolute atomic E-state index is 12.5. The number of fused-ring (bicyclic) bond motifs is 1. The number of morpholine rings is 1. The fourth-order valence-electron chi connectivity index (χ4n) is 3.61. The molecule has 0 unspecified atom stereocenters. The maximum atomic E-state index is 12.5. The number of aromatic nitrogens is 2. The van der Waals surface area contributed by atoms with E-state index in [0.29, 0.717) is 29.9 Å². The molecular formula is C17H22N4O3. The lowest BCUT2D eigenvalue weighted by Crippen LogP contribution is -2.36. The molecule has 2 aromatic rings. The third kappa shape index (κ3) is 2.96. The normalized spacial score (nSPS) is 19.6. The molecule has 24 heavy (non-hydrogen) atoms. The number of rotatable bonds is 3. The number of carbonyl (C=O) groups excluding carboxylic acids is 1. The molecule has 1 aliphatic heterocycles. The summed E-state index contributed by atoms with van der Waals surface area (Å²) < 4.78 is 10.4. The topological polar surface area (TPSA) is 80.5 Å². The van der Waals surface area contributed by atoms with E-state index in [2.05, 4.69) is 20.5 Å². The molecule has 0 radical (unpaired) electrons. The van der Waals surface area contributed by atoms with Crippen molar-refractivity contribution in [3.8, 4) is 0 Å². The highest BCUT2D eigenvalue weighted by atomic mass is 16.6. The summed E-state index contributed by atoms with van der Waals surface area (Å²) in [5.41, 5.74) is 2.96. The highest BCUT2D eigenvalue weighted by Gasteiger charge is 2.24. The molecule has 7 nitrogen and oxygen atoms in total. The first kappa shape index (κ1) is 15.4. The Hall–Kier alpha value is -2.15. The zero-order valence-corrected chi connectivity index (χ0v) is 13.7. The molecule has 2 aliphatic rings. The molecule has 2 heterocycles. The lowest BCUT2D eigenvalue weighted by molar-refractivity contribution is -0.120. The molecule has 1 aromatic heterocycles. The molecule has 1 N–H and O–H groups in total. The van der Waals surface area contributed by atoms with Crippen LogP contribution in [0.25, 0.3) is 11.0 Å². The minimum absolute atomic E-state index is 0.0816. The van der Waals surface area contributed by atoms with E-state index in [1.165, 1.54) is 6.42 Å². The molecule has 0 atom stereocenters.